The Morgan fingerprint density at radius 2 is 1.94 bits per heavy atom. The fourth-order valence-electron chi connectivity index (χ4n) is 4.05. The number of carbonyl (C=O) groups excluding carboxylic acids is 2. The van der Waals surface area contributed by atoms with E-state index in [1.165, 1.54) is 0 Å². The Kier molecular flexibility index (Phi) is 5.48. The Morgan fingerprint density at radius 3 is 2.66 bits per heavy atom. The van der Waals surface area contributed by atoms with Crippen LogP contribution in [0.15, 0.2) is 54.3 Å². The molecule has 4 heterocycles. The molecule has 1 aliphatic rings. The second-order valence-corrected chi connectivity index (χ2v) is 8.92. The van der Waals surface area contributed by atoms with Gasteiger partial charge in [0.1, 0.15) is 0 Å². The van der Waals surface area contributed by atoms with Crippen LogP contribution in [0, 0.1) is 0 Å². The summed E-state index contributed by atoms with van der Waals surface area (Å²) in [6.07, 6.45) is 7.12. The summed E-state index contributed by atoms with van der Waals surface area (Å²) < 4.78 is 3.63. The Balaban J connectivity index is 1.19. The third-order valence-corrected chi connectivity index (χ3v) is 6.72. The molecule has 1 saturated heterocycles. The summed E-state index contributed by atoms with van der Waals surface area (Å²) in [4.78, 5) is 32.8. The lowest BCUT2D eigenvalue weighted by molar-refractivity contribution is -0.131. The molecule has 3 aromatic heterocycles. The van der Waals surface area contributed by atoms with Crippen molar-refractivity contribution in [3.05, 3.63) is 65.6 Å². The van der Waals surface area contributed by atoms with Crippen molar-refractivity contribution < 1.29 is 9.59 Å². The van der Waals surface area contributed by atoms with Crippen molar-refractivity contribution in [3.63, 3.8) is 0 Å². The topological polar surface area (TPSA) is 84.5 Å². The Labute approximate surface area is 189 Å². The fraction of sp³-hybridized carbons (Fsp3) is 0.304. The smallest absolute Gasteiger partial charge is 0.254 e. The first-order chi connectivity index (χ1) is 15.6. The summed E-state index contributed by atoms with van der Waals surface area (Å²) in [6.45, 7) is 1.28. The number of imidazole rings is 1. The molecule has 9 heteroatoms. The van der Waals surface area contributed by atoms with Crippen molar-refractivity contribution >= 4 is 28.1 Å². The Bertz CT molecular complexity index is 1250. The number of hydrogen-bond acceptors (Lipinski definition) is 5. The van der Waals surface area contributed by atoms with Gasteiger partial charge in [-0.2, -0.15) is 5.10 Å². The van der Waals surface area contributed by atoms with Gasteiger partial charge in [-0.15, -0.1) is 11.3 Å². The molecule has 0 atom stereocenters. The van der Waals surface area contributed by atoms with E-state index in [2.05, 4.69) is 10.4 Å². The number of aryl methyl sites for hydroxylation is 1. The van der Waals surface area contributed by atoms with Gasteiger partial charge in [0.05, 0.1) is 23.9 Å². The number of fused-ring (bicyclic) bond motifs is 1. The third kappa shape index (κ3) is 4.16. The van der Waals surface area contributed by atoms with Crippen molar-refractivity contribution in [2.45, 2.75) is 25.3 Å². The van der Waals surface area contributed by atoms with E-state index in [0.717, 1.165) is 34.8 Å². The lowest BCUT2D eigenvalue weighted by Crippen LogP contribution is -2.47. The van der Waals surface area contributed by atoms with E-state index in [0.29, 0.717) is 25.1 Å². The highest BCUT2D eigenvalue weighted by atomic mass is 32.1. The molecule has 0 bridgehead atoms. The molecule has 5 rings (SSSR count). The molecular weight excluding hydrogens is 424 g/mol. The maximum Gasteiger partial charge on any atom is 0.254 e. The van der Waals surface area contributed by atoms with E-state index in [9.17, 15) is 9.59 Å². The van der Waals surface area contributed by atoms with Crippen LogP contribution < -0.4 is 5.32 Å². The minimum atomic E-state index is -0.113. The molecule has 1 aromatic carbocycles. The van der Waals surface area contributed by atoms with Crippen LogP contribution in [0.1, 0.15) is 28.9 Å². The third-order valence-electron chi connectivity index (χ3n) is 5.84. The Hall–Kier alpha value is -3.46. The van der Waals surface area contributed by atoms with Gasteiger partial charge in [-0.25, -0.2) is 4.98 Å². The molecule has 4 aromatic rings. The Morgan fingerprint density at radius 1 is 1.16 bits per heavy atom. The van der Waals surface area contributed by atoms with Gasteiger partial charge in [-0.1, -0.05) is 30.3 Å². The number of nitrogens with zero attached hydrogens (tertiary/aromatic N) is 5. The molecule has 8 nitrogen and oxygen atoms in total. The number of carbonyl (C=O) groups is 2. The summed E-state index contributed by atoms with van der Waals surface area (Å²) >= 11 is 1.55. The minimum absolute atomic E-state index is 0.0710. The number of piperidine rings is 1. The van der Waals surface area contributed by atoms with Crippen LogP contribution in [0.5, 0.6) is 0 Å². The molecule has 0 radical (unpaired) electrons. The van der Waals surface area contributed by atoms with Crippen LogP contribution in [0.2, 0.25) is 0 Å². The van der Waals surface area contributed by atoms with E-state index in [1.807, 2.05) is 51.2 Å². The first kappa shape index (κ1) is 20.4. The zero-order valence-electron chi connectivity index (χ0n) is 17.8. The van der Waals surface area contributed by atoms with Crippen molar-refractivity contribution in [1.82, 2.24) is 29.4 Å². The number of aromatic nitrogens is 4. The largest absolute Gasteiger partial charge is 0.349 e. The molecule has 1 N–H and O–H groups in total. The zero-order chi connectivity index (χ0) is 22.1. The lowest BCUT2D eigenvalue weighted by atomic mass is 10.0. The van der Waals surface area contributed by atoms with Crippen molar-refractivity contribution in [3.8, 4) is 11.3 Å². The average Bonchev–Trinajstić information content (AvgIpc) is 3.52. The van der Waals surface area contributed by atoms with Crippen LogP contribution >= 0.6 is 11.3 Å². The molecule has 0 saturated carbocycles. The highest BCUT2D eigenvalue weighted by Crippen LogP contribution is 2.24. The predicted octanol–water partition coefficient (Wildman–Crippen LogP) is 2.76. The summed E-state index contributed by atoms with van der Waals surface area (Å²) in [5, 5.41) is 9.10. The highest BCUT2D eigenvalue weighted by Gasteiger charge is 2.25. The average molecular weight is 449 g/mol. The second kappa shape index (κ2) is 8.58. The molecule has 0 spiro atoms. The van der Waals surface area contributed by atoms with E-state index in [1.54, 1.807) is 35.5 Å². The van der Waals surface area contributed by atoms with Gasteiger partial charge in [0, 0.05) is 55.2 Å². The molecule has 32 heavy (non-hydrogen) atoms. The minimum Gasteiger partial charge on any atom is -0.349 e. The molecule has 1 fully saturated rings. The zero-order valence-corrected chi connectivity index (χ0v) is 18.6. The number of rotatable bonds is 5. The van der Waals surface area contributed by atoms with E-state index >= 15 is 0 Å². The van der Waals surface area contributed by atoms with Gasteiger partial charge >= 0.3 is 0 Å². The summed E-state index contributed by atoms with van der Waals surface area (Å²) in [5.41, 5.74) is 3.49. The van der Waals surface area contributed by atoms with Crippen molar-refractivity contribution in [1.29, 1.82) is 0 Å². The standard InChI is InChI=1S/C23H24N6O2S/c1-27-13-17(12-24-27)22(31)25-18-7-9-28(10-8-18)21(30)11-19-15-32-23-26-20(14-29(19)23)16-5-3-2-4-6-16/h2-6,12-15,18H,7-11H2,1H3,(H,25,31). The van der Waals surface area contributed by atoms with Gasteiger partial charge < -0.3 is 10.2 Å². The molecule has 1 aliphatic heterocycles. The van der Waals surface area contributed by atoms with Crippen LogP contribution in [-0.2, 0) is 18.3 Å². The van der Waals surface area contributed by atoms with Crippen LogP contribution in [-0.4, -0.2) is 55.0 Å². The fourth-order valence-corrected chi connectivity index (χ4v) is 4.92. The lowest BCUT2D eigenvalue weighted by Gasteiger charge is -2.32. The van der Waals surface area contributed by atoms with Gasteiger partial charge in [0.25, 0.3) is 5.91 Å². The van der Waals surface area contributed by atoms with Gasteiger partial charge in [-0.3, -0.25) is 18.7 Å². The molecule has 164 valence electrons. The summed E-state index contributed by atoms with van der Waals surface area (Å²) in [6, 6.07) is 10.1. The van der Waals surface area contributed by atoms with Gasteiger partial charge in [-0.05, 0) is 12.8 Å². The number of benzene rings is 1. The van der Waals surface area contributed by atoms with E-state index in [-0.39, 0.29) is 17.9 Å². The number of likely N-dealkylation sites (tertiary alicyclic amines) is 1. The highest BCUT2D eigenvalue weighted by molar-refractivity contribution is 7.15. The second-order valence-electron chi connectivity index (χ2n) is 8.08. The van der Waals surface area contributed by atoms with Crippen LogP contribution in [0.3, 0.4) is 0 Å². The van der Waals surface area contributed by atoms with E-state index < -0.39 is 0 Å². The molecule has 0 unspecified atom stereocenters. The number of thiazole rings is 1. The first-order valence-corrected chi connectivity index (χ1v) is 11.5. The van der Waals surface area contributed by atoms with E-state index in [4.69, 9.17) is 4.98 Å². The summed E-state index contributed by atoms with van der Waals surface area (Å²) in [7, 11) is 1.79. The van der Waals surface area contributed by atoms with Crippen molar-refractivity contribution in [2.24, 2.45) is 7.05 Å². The molecule has 0 aliphatic carbocycles. The molecular formula is C23H24N6O2S. The monoisotopic (exact) mass is 448 g/mol. The maximum atomic E-state index is 12.9. The maximum absolute atomic E-state index is 12.9. The van der Waals surface area contributed by atoms with Crippen LogP contribution in [0.4, 0.5) is 0 Å². The number of hydrogen-bond donors (Lipinski definition) is 1. The van der Waals surface area contributed by atoms with Crippen molar-refractivity contribution in [2.75, 3.05) is 13.1 Å². The normalized spacial score (nSPS) is 14.7. The predicted molar refractivity (Wildman–Crippen MR) is 122 cm³/mol. The first-order valence-electron chi connectivity index (χ1n) is 10.6. The van der Waals surface area contributed by atoms with Gasteiger partial charge in [0.15, 0.2) is 4.96 Å². The SMILES string of the molecule is Cn1cc(C(=O)NC2CCN(C(=O)Cc3csc4nc(-c5ccccc5)cn34)CC2)cn1. The number of nitrogens with one attached hydrogen (secondary N) is 1. The number of amides is 2. The summed E-state index contributed by atoms with van der Waals surface area (Å²) in [5.74, 6) is -0.00503. The molecule has 2 amide bonds. The van der Waals surface area contributed by atoms with Gasteiger partial charge in [0.2, 0.25) is 5.91 Å². The quantitative estimate of drug-likeness (QED) is 0.509. The van der Waals surface area contributed by atoms with Crippen LogP contribution in [0.25, 0.3) is 16.2 Å².